The monoisotopic (exact) mass is 453 g/mol. The molecule has 2 amide bonds. The first kappa shape index (κ1) is 24.1. The van der Waals surface area contributed by atoms with Crippen molar-refractivity contribution in [1.82, 2.24) is 24.8 Å². The number of fused-ring (bicyclic) bond motifs is 1. The molecule has 0 bridgehead atoms. The maximum absolute atomic E-state index is 12.8. The van der Waals surface area contributed by atoms with Gasteiger partial charge in [0.1, 0.15) is 5.52 Å². The minimum Gasteiger partial charge on any atom is -0.399 e. The van der Waals surface area contributed by atoms with Crippen LogP contribution in [0.4, 0.5) is 11.6 Å². The number of carbonyl (C=O) groups excluding carboxylic acids is 2. The zero-order valence-corrected chi connectivity index (χ0v) is 19.3. The summed E-state index contributed by atoms with van der Waals surface area (Å²) in [7, 11) is 5.28. The lowest BCUT2D eigenvalue weighted by Gasteiger charge is -2.16. The van der Waals surface area contributed by atoms with E-state index in [-0.39, 0.29) is 11.8 Å². The van der Waals surface area contributed by atoms with Gasteiger partial charge in [0.25, 0.3) is 11.8 Å². The standard InChI is InChI=1S/C23H31N7O3/c1-25-9-5-10-29(2)22(32)17-14-19-20(26-15-17)30(11-6-12-33-3)23(27-19)28-21(31)16-7-4-8-18(24)13-16/h4,7-8,13-15,25H,5-6,9-12,24H2,1-3H3,(H,27,28,31). The van der Waals surface area contributed by atoms with Gasteiger partial charge in [-0.15, -0.1) is 0 Å². The largest absolute Gasteiger partial charge is 0.399 e. The van der Waals surface area contributed by atoms with Crippen LogP contribution >= 0.6 is 0 Å². The van der Waals surface area contributed by atoms with Crippen LogP contribution in [0.25, 0.3) is 11.2 Å². The van der Waals surface area contributed by atoms with Gasteiger partial charge in [-0.1, -0.05) is 6.07 Å². The SMILES string of the molecule is CNCCCN(C)C(=O)c1cnc2c(c1)nc(NC(=O)c1cccc(N)c1)n2CCCOC. The number of nitrogens with zero attached hydrogens (tertiary/aromatic N) is 4. The maximum atomic E-state index is 12.8. The molecule has 2 aromatic heterocycles. The van der Waals surface area contributed by atoms with E-state index in [0.717, 1.165) is 13.0 Å². The van der Waals surface area contributed by atoms with Crippen molar-refractivity contribution in [2.75, 3.05) is 52.0 Å². The summed E-state index contributed by atoms with van der Waals surface area (Å²) in [6.07, 6.45) is 3.11. The van der Waals surface area contributed by atoms with Gasteiger partial charge in [0, 0.05) is 51.3 Å². The molecule has 4 N–H and O–H groups in total. The number of aryl methyl sites for hydroxylation is 1. The number of rotatable bonds is 11. The first-order valence-corrected chi connectivity index (χ1v) is 10.9. The molecule has 0 fully saturated rings. The number of amides is 2. The van der Waals surface area contributed by atoms with Gasteiger partial charge in [-0.05, 0) is 50.7 Å². The summed E-state index contributed by atoms with van der Waals surface area (Å²) in [6.45, 7) is 2.55. The molecule has 2 heterocycles. The number of pyridine rings is 1. The van der Waals surface area contributed by atoms with Gasteiger partial charge in [-0.2, -0.15) is 0 Å². The molecule has 0 aliphatic carbocycles. The van der Waals surface area contributed by atoms with E-state index in [1.165, 1.54) is 0 Å². The Labute approximate surface area is 193 Å². The molecule has 0 spiro atoms. The molecule has 176 valence electrons. The smallest absolute Gasteiger partial charge is 0.258 e. The number of methoxy groups -OCH3 is 1. The summed E-state index contributed by atoms with van der Waals surface area (Å²) < 4.78 is 6.99. The molecule has 0 saturated carbocycles. The lowest BCUT2D eigenvalue weighted by molar-refractivity contribution is 0.0793. The molecule has 1 aromatic carbocycles. The molecule has 0 unspecified atom stereocenters. The van der Waals surface area contributed by atoms with E-state index >= 15 is 0 Å². The normalized spacial score (nSPS) is 11.0. The fraction of sp³-hybridized carbons (Fsp3) is 0.391. The summed E-state index contributed by atoms with van der Waals surface area (Å²) in [5.74, 6) is -0.0982. The zero-order chi connectivity index (χ0) is 23.8. The van der Waals surface area contributed by atoms with Crippen LogP contribution in [-0.2, 0) is 11.3 Å². The van der Waals surface area contributed by atoms with E-state index < -0.39 is 0 Å². The Morgan fingerprint density at radius 3 is 2.76 bits per heavy atom. The third-order valence-corrected chi connectivity index (χ3v) is 5.20. The number of anilines is 2. The second-order valence-corrected chi connectivity index (χ2v) is 7.76. The molecule has 33 heavy (non-hydrogen) atoms. The first-order chi connectivity index (χ1) is 15.9. The van der Waals surface area contributed by atoms with Gasteiger partial charge in [-0.3, -0.25) is 19.5 Å². The van der Waals surface area contributed by atoms with Gasteiger partial charge in [0.05, 0.1) is 5.56 Å². The minimum absolute atomic E-state index is 0.125. The lowest BCUT2D eigenvalue weighted by Crippen LogP contribution is -2.29. The summed E-state index contributed by atoms with van der Waals surface area (Å²) >= 11 is 0. The van der Waals surface area contributed by atoms with E-state index in [4.69, 9.17) is 10.5 Å². The Morgan fingerprint density at radius 1 is 1.21 bits per heavy atom. The first-order valence-electron chi connectivity index (χ1n) is 10.9. The van der Waals surface area contributed by atoms with Crippen LogP contribution < -0.4 is 16.4 Å². The topological polar surface area (TPSA) is 127 Å². The van der Waals surface area contributed by atoms with Crippen LogP contribution in [0.5, 0.6) is 0 Å². The summed E-state index contributed by atoms with van der Waals surface area (Å²) in [6, 6.07) is 8.43. The average Bonchev–Trinajstić information content (AvgIpc) is 3.15. The molecular formula is C23H31N7O3. The van der Waals surface area contributed by atoms with E-state index in [2.05, 4.69) is 20.6 Å². The number of hydrogen-bond donors (Lipinski definition) is 3. The molecule has 0 atom stereocenters. The Morgan fingerprint density at radius 2 is 2.03 bits per heavy atom. The van der Waals surface area contributed by atoms with E-state index in [9.17, 15) is 9.59 Å². The number of nitrogens with two attached hydrogens (primary N) is 1. The van der Waals surface area contributed by atoms with E-state index in [1.54, 1.807) is 55.6 Å². The van der Waals surface area contributed by atoms with Crippen molar-refractivity contribution in [1.29, 1.82) is 0 Å². The van der Waals surface area contributed by atoms with Crippen molar-refractivity contribution in [2.24, 2.45) is 0 Å². The molecule has 10 nitrogen and oxygen atoms in total. The molecule has 0 radical (unpaired) electrons. The number of aromatic nitrogens is 3. The van der Waals surface area contributed by atoms with Gasteiger partial charge in [0.2, 0.25) is 5.95 Å². The number of nitrogens with one attached hydrogen (secondary N) is 2. The highest BCUT2D eigenvalue weighted by Crippen LogP contribution is 2.21. The molecule has 3 aromatic rings. The van der Waals surface area contributed by atoms with Crippen LogP contribution in [0, 0.1) is 0 Å². The van der Waals surface area contributed by atoms with E-state index in [1.807, 2.05) is 11.6 Å². The highest BCUT2D eigenvalue weighted by Gasteiger charge is 2.19. The highest BCUT2D eigenvalue weighted by atomic mass is 16.5. The van der Waals surface area contributed by atoms with Crippen molar-refractivity contribution in [2.45, 2.75) is 19.4 Å². The van der Waals surface area contributed by atoms with Gasteiger partial charge in [0.15, 0.2) is 5.65 Å². The summed E-state index contributed by atoms with van der Waals surface area (Å²) in [5.41, 5.74) is 8.30. The second-order valence-electron chi connectivity index (χ2n) is 7.76. The Balaban J connectivity index is 1.89. The van der Waals surface area contributed by atoms with Gasteiger partial charge in [-0.25, -0.2) is 9.97 Å². The number of ether oxygens (including phenoxy) is 1. The number of benzene rings is 1. The van der Waals surface area contributed by atoms with Crippen molar-refractivity contribution >= 4 is 34.6 Å². The van der Waals surface area contributed by atoms with Gasteiger partial charge < -0.3 is 20.7 Å². The van der Waals surface area contributed by atoms with E-state index in [0.29, 0.717) is 60.0 Å². The summed E-state index contributed by atoms with van der Waals surface area (Å²) in [4.78, 5) is 36.3. The predicted octanol–water partition coefficient (Wildman–Crippen LogP) is 1.98. The molecule has 0 aliphatic rings. The molecule has 10 heteroatoms. The second kappa shape index (κ2) is 11.4. The number of nitrogen functional groups attached to an aromatic ring is 1. The van der Waals surface area contributed by atoms with Crippen LogP contribution in [0.1, 0.15) is 33.6 Å². The lowest BCUT2D eigenvalue weighted by atomic mass is 10.2. The van der Waals surface area contributed by atoms with Crippen LogP contribution in [0.3, 0.4) is 0 Å². The number of imidazole rings is 1. The average molecular weight is 454 g/mol. The molecule has 0 aliphatic heterocycles. The molecule has 0 saturated heterocycles. The molecular weight excluding hydrogens is 422 g/mol. The van der Waals surface area contributed by atoms with Crippen LogP contribution in [0.15, 0.2) is 36.5 Å². The number of hydrogen-bond acceptors (Lipinski definition) is 7. The number of carbonyl (C=O) groups is 2. The third kappa shape index (κ3) is 6.05. The van der Waals surface area contributed by atoms with Gasteiger partial charge >= 0.3 is 0 Å². The zero-order valence-electron chi connectivity index (χ0n) is 19.3. The Hall–Kier alpha value is -3.50. The van der Waals surface area contributed by atoms with Crippen molar-refractivity contribution in [3.63, 3.8) is 0 Å². The van der Waals surface area contributed by atoms with Crippen molar-refractivity contribution in [3.05, 3.63) is 47.7 Å². The third-order valence-electron chi connectivity index (χ3n) is 5.20. The maximum Gasteiger partial charge on any atom is 0.258 e. The minimum atomic E-state index is -0.328. The molecule has 3 rings (SSSR count). The van der Waals surface area contributed by atoms with Crippen molar-refractivity contribution < 1.29 is 14.3 Å². The highest BCUT2D eigenvalue weighted by molar-refractivity contribution is 6.04. The van der Waals surface area contributed by atoms with Crippen LogP contribution in [-0.4, -0.2) is 72.2 Å². The van der Waals surface area contributed by atoms with Crippen molar-refractivity contribution in [3.8, 4) is 0 Å². The fourth-order valence-electron chi connectivity index (χ4n) is 3.47. The fourth-order valence-corrected chi connectivity index (χ4v) is 3.47. The van der Waals surface area contributed by atoms with Crippen LogP contribution in [0.2, 0.25) is 0 Å². The predicted molar refractivity (Wildman–Crippen MR) is 128 cm³/mol. The Bertz CT molecular complexity index is 1110. The quantitative estimate of drug-likeness (QED) is 0.299. The Kier molecular flexibility index (Phi) is 8.34. The summed E-state index contributed by atoms with van der Waals surface area (Å²) in [5, 5.41) is 5.92.